The second-order valence-electron chi connectivity index (χ2n) is 6.59. The Kier molecular flexibility index (Phi) is 4.65. The van der Waals surface area contributed by atoms with Crippen LogP contribution in [0.4, 0.5) is 0 Å². The molecule has 2 aliphatic rings. The van der Waals surface area contributed by atoms with Gasteiger partial charge in [-0.25, -0.2) is 0 Å². The van der Waals surface area contributed by atoms with Crippen LogP contribution in [0, 0.1) is 18.8 Å². The van der Waals surface area contributed by atoms with E-state index < -0.39 is 11.9 Å². The van der Waals surface area contributed by atoms with Gasteiger partial charge in [0.25, 0.3) is 5.91 Å². The molecule has 1 saturated heterocycles. The minimum atomic E-state index is -0.902. The average molecular weight is 346 g/mol. The summed E-state index contributed by atoms with van der Waals surface area (Å²) >= 11 is 0. The van der Waals surface area contributed by atoms with E-state index in [1.807, 2.05) is 13.0 Å². The number of nitrogens with zero attached hydrogens (tertiary/aromatic N) is 2. The molecule has 1 aliphatic carbocycles. The Morgan fingerprint density at radius 2 is 1.72 bits per heavy atom. The summed E-state index contributed by atoms with van der Waals surface area (Å²) in [6, 6.07) is 5.36. The molecule has 2 fully saturated rings. The highest BCUT2D eigenvalue weighted by Crippen LogP contribution is 2.40. The number of piperazine rings is 1. The molecule has 1 saturated carbocycles. The summed E-state index contributed by atoms with van der Waals surface area (Å²) < 4.78 is 5.26. The maximum Gasteiger partial charge on any atom is 0.307 e. The van der Waals surface area contributed by atoms with E-state index in [4.69, 9.17) is 9.84 Å². The first-order valence-corrected chi connectivity index (χ1v) is 8.38. The highest BCUT2D eigenvalue weighted by Gasteiger charge is 2.50. The topological polar surface area (TPSA) is 87.2 Å². The van der Waals surface area contributed by atoms with Gasteiger partial charge in [-0.15, -0.1) is 0 Å². The van der Waals surface area contributed by atoms with E-state index in [0.717, 1.165) is 5.56 Å². The first-order valence-electron chi connectivity index (χ1n) is 8.38. The lowest BCUT2D eigenvalue weighted by Crippen LogP contribution is -2.51. The molecular weight excluding hydrogens is 324 g/mol. The summed E-state index contributed by atoms with van der Waals surface area (Å²) in [5.74, 6) is -1.33. The number of carboxylic acids is 1. The number of hydrogen-bond acceptors (Lipinski definition) is 4. The van der Waals surface area contributed by atoms with Crippen molar-refractivity contribution in [3.8, 4) is 5.75 Å². The number of aliphatic carboxylic acids is 1. The van der Waals surface area contributed by atoms with E-state index in [1.165, 1.54) is 0 Å². The molecular formula is C18H22N2O5. The molecule has 0 bridgehead atoms. The Morgan fingerprint density at radius 3 is 2.28 bits per heavy atom. The number of carboxylic acid groups (broad SMARTS) is 1. The maximum atomic E-state index is 12.6. The Bertz CT molecular complexity index is 709. The molecule has 1 aromatic rings. The molecule has 0 spiro atoms. The predicted molar refractivity (Wildman–Crippen MR) is 89.4 cm³/mol. The van der Waals surface area contributed by atoms with E-state index in [1.54, 1.807) is 29.0 Å². The van der Waals surface area contributed by atoms with Crippen molar-refractivity contribution in [2.75, 3.05) is 33.3 Å². The minimum absolute atomic E-state index is 0.0831. The summed E-state index contributed by atoms with van der Waals surface area (Å²) in [6.07, 6.45) is 0.427. The third kappa shape index (κ3) is 3.45. The second-order valence-corrected chi connectivity index (χ2v) is 6.59. The van der Waals surface area contributed by atoms with Crippen LogP contribution in [0.25, 0.3) is 0 Å². The quantitative estimate of drug-likeness (QED) is 0.879. The molecule has 0 radical (unpaired) electrons. The van der Waals surface area contributed by atoms with Crippen LogP contribution >= 0.6 is 0 Å². The Hall–Kier alpha value is -2.57. The van der Waals surface area contributed by atoms with E-state index >= 15 is 0 Å². The summed E-state index contributed by atoms with van der Waals surface area (Å²) in [5, 5.41) is 8.94. The van der Waals surface area contributed by atoms with Crippen LogP contribution in [0.15, 0.2) is 18.2 Å². The fraction of sp³-hybridized carbons (Fsp3) is 0.500. The lowest BCUT2D eigenvalue weighted by molar-refractivity contribution is -0.142. The molecule has 134 valence electrons. The van der Waals surface area contributed by atoms with Gasteiger partial charge in [0.2, 0.25) is 5.91 Å². The summed E-state index contributed by atoms with van der Waals surface area (Å²) in [5.41, 5.74) is 1.53. The van der Waals surface area contributed by atoms with Gasteiger partial charge in [-0.05, 0) is 31.0 Å². The van der Waals surface area contributed by atoms with Crippen LogP contribution in [0.3, 0.4) is 0 Å². The van der Waals surface area contributed by atoms with Gasteiger partial charge in [0.15, 0.2) is 0 Å². The number of rotatable bonds is 4. The van der Waals surface area contributed by atoms with Crippen molar-refractivity contribution in [3.63, 3.8) is 0 Å². The van der Waals surface area contributed by atoms with Gasteiger partial charge in [0, 0.05) is 31.7 Å². The molecule has 7 heteroatoms. The minimum Gasteiger partial charge on any atom is -0.496 e. The van der Waals surface area contributed by atoms with Crippen LogP contribution in [0.2, 0.25) is 0 Å². The zero-order chi connectivity index (χ0) is 18.1. The largest absolute Gasteiger partial charge is 0.496 e. The van der Waals surface area contributed by atoms with Crippen LogP contribution in [-0.4, -0.2) is 66.0 Å². The van der Waals surface area contributed by atoms with Crippen molar-refractivity contribution >= 4 is 17.8 Å². The maximum absolute atomic E-state index is 12.6. The molecule has 25 heavy (non-hydrogen) atoms. The number of carbonyl (C=O) groups is 3. The molecule has 1 N–H and O–H groups in total. The lowest BCUT2D eigenvalue weighted by atomic mass is 10.1. The van der Waals surface area contributed by atoms with Crippen molar-refractivity contribution < 1.29 is 24.2 Å². The number of methoxy groups -OCH3 is 1. The zero-order valence-corrected chi connectivity index (χ0v) is 14.4. The Labute approximate surface area is 146 Å². The van der Waals surface area contributed by atoms with E-state index in [-0.39, 0.29) is 17.7 Å². The SMILES string of the molecule is COc1cc(C(=O)N2CCN(C(=O)C3CC3C(=O)O)CC2)ccc1C. The Balaban J connectivity index is 1.58. The normalized spacial score (nSPS) is 22.5. The molecule has 3 rings (SSSR count). The third-order valence-electron chi connectivity index (χ3n) is 4.96. The van der Waals surface area contributed by atoms with E-state index in [2.05, 4.69) is 0 Å². The lowest BCUT2D eigenvalue weighted by Gasteiger charge is -2.35. The van der Waals surface area contributed by atoms with Crippen LogP contribution < -0.4 is 4.74 Å². The molecule has 2 atom stereocenters. The van der Waals surface area contributed by atoms with Gasteiger partial charge in [-0.1, -0.05) is 6.07 Å². The van der Waals surface area contributed by atoms with Gasteiger partial charge in [-0.2, -0.15) is 0 Å². The first-order chi connectivity index (χ1) is 11.9. The van der Waals surface area contributed by atoms with Gasteiger partial charge in [0.1, 0.15) is 5.75 Å². The molecule has 1 aliphatic heterocycles. The van der Waals surface area contributed by atoms with Gasteiger partial charge in [0.05, 0.1) is 18.9 Å². The number of hydrogen-bond donors (Lipinski definition) is 1. The molecule has 7 nitrogen and oxygen atoms in total. The molecule has 1 aromatic carbocycles. The average Bonchev–Trinajstić information content (AvgIpc) is 3.42. The first kappa shape index (κ1) is 17.3. The van der Waals surface area contributed by atoms with Crippen molar-refractivity contribution in [1.82, 2.24) is 9.80 Å². The highest BCUT2D eigenvalue weighted by atomic mass is 16.5. The van der Waals surface area contributed by atoms with E-state index in [0.29, 0.717) is 43.9 Å². The molecule has 0 aromatic heterocycles. The van der Waals surface area contributed by atoms with Crippen molar-refractivity contribution in [2.24, 2.45) is 11.8 Å². The smallest absolute Gasteiger partial charge is 0.307 e. The number of carbonyl (C=O) groups excluding carboxylic acids is 2. The third-order valence-corrected chi connectivity index (χ3v) is 4.96. The fourth-order valence-corrected chi connectivity index (χ4v) is 3.24. The van der Waals surface area contributed by atoms with Crippen LogP contribution in [0.5, 0.6) is 5.75 Å². The monoisotopic (exact) mass is 346 g/mol. The second kappa shape index (κ2) is 6.74. The summed E-state index contributed by atoms with van der Waals surface area (Å²) in [4.78, 5) is 39.2. The molecule has 2 unspecified atom stereocenters. The zero-order valence-electron chi connectivity index (χ0n) is 14.4. The van der Waals surface area contributed by atoms with Crippen molar-refractivity contribution in [2.45, 2.75) is 13.3 Å². The highest BCUT2D eigenvalue weighted by molar-refractivity contribution is 5.95. The number of amides is 2. The molecule has 1 heterocycles. The van der Waals surface area contributed by atoms with Crippen molar-refractivity contribution in [3.05, 3.63) is 29.3 Å². The number of aryl methyl sites for hydroxylation is 1. The molecule has 2 amide bonds. The Morgan fingerprint density at radius 1 is 1.08 bits per heavy atom. The summed E-state index contributed by atoms with van der Waals surface area (Å²) in [6.45, 7) is 3.70. The van der Waals surface area contributed by atoms with Gasteiger partial charge < -0.3 is 19.6 Å². The fourth-order valence-electron chi connectivity index (χ4n) is 3.24. The van der Waals surface area contributed by atoms with E-state index in [9.17, 15) is 14.4 Å². The van der Waals surface area contributed by atoms with Gasteiger partial charge >= 0.3 is 5.97 Å². The van der Waals surface area contributed by atoms with Gasteiger partial charge in [-0.3, -0.25) is 14.4 Å². The number of benzene rings is 1. The van der Waals surface area contributed by atoms with Crippen molar-refractivity contribution in [1.29, 1.82) is 0 Å². The standard InChI is InChI=1S/C18H22N2O5/c1-11-3-4-12(9-15(11)25-2)16(21)19-5-7-20(8-6-19)17(22)13-10-14(13)18(23)24/h3-4,9,13-14H,5-8,10H2,1-2H3,(H,23,24). The summed E-state index contributed by atoms with van der Waals surface area (Å²) in [7, 11) is 1.57. The van der Waals surface area contributed by atoms with Crippen LogP contribution in [-0.2, 0) is 9.59 Å². The predicted octanol–water partition coefficient (Wildman–Crippen LogP) is 1.01. The van der Waals surface area contributed by atoms with Crippen LogP contribution in [0.1, 0.15) is 22.3 Å². The number of ether oxygens (including phenoxy) is 1.